The van der Waals surface area contributed by atoms with Gasteiger partial charge >= 0.3 is 5.97 Å². The summed E-state index contributed by atoms with van der Waals surface area (Å²) in [4.78, 5) is 32.6. The van der Waals surface area contributed by atoms with E-state index in [4.69, 9.17) is 5.11 Å². The van der Waals surface area contributed by atoms with Gasteiger partial charge in [-0.2, -0.15) is 0 Å². The van der Waals surface area contributed by atoms with Crippen molar-refractivity contribution >= 4 is 17.8 Å². The molecule has 1 saturated heterocycles. The normalized spacial score (nSPS) is 26.6. The lowest BCUT2D eigenvalue weighted by atomic mass is 10.1. The first kappa shape index (κ1) is 10.5. The largest absolute Gasteiger partial charge is 0.481 e. The number of hydrogen-bond acceptors (Lipinski definition) is 3. The zero-order valence-corrected chi connectivity index (χ0v) is 7.74. The van der Waals surface area contributed by atoms with Crippen LogP contribution in [0.15, 0.2) is 0 Å². The number of nitrogens with one attached hydrogen (secondary N) is 2. The Morgan fingerprint density at radius 3 is 2.57 bits per heavy atom. The van der Waals surface area contributed by atoms with Crippen LogP contribution in [0.3, 0.4) is 0 Å². The summed E-state index contributed by atoms with van der Waals surface area (Å²) in [6.07, 6.45) is -0.00757. The summed E-state index contributed by atoms with van der Waals surface area (Å²) in [5, 5.41) is 13.3. The highest BCUT2D eigenvalue weighted by molar-refractivity contribution is 5.96. The van der Waals surface area contributed by atoms with Gasteiger partial charge in [0.25, 0.3) is 0 Å². The molecule has 1 fully saturated rings. The molecule has 1 heterocycles. The lowest BCUT2D eigenvalue weighted by Gasteiger charge is -2.27. The number of piperazine rings is 1. The third-order valence-electron chi connectivity index (χ3n) is 2.03. The maximum atomic E-state index is 11.2. The van der Waals surface area contributed by atoms with Gasteiger partial charge in [0, 0.05) is 6.42 Å². The number of amides is 2. The van der Waals surface area contributed by atoms with Crippen molar-refractivity contribution in [1.29, 1.82) is 0 Å². The van der Waals surface area contributed by atoms with Crippen molar-refractivity contribution in [3.05, 3.63) is 0 Å². The number of hydrogen-bond donors (Lipinski definition) is 3. The number of carboxylic acids is 1. The van der Waals surface area contributed by atoms with Gasteiger partial charge in [-0.3, -0.25) is 14.4 Å². The van der Waals surface area contributed by atoms with E-state index in [0.29, 0.717) is 0 Å². The van der Waals surface area contributed by atoms with Crippen LogP contribution in [-0.4, -0.2) is 35.0 Å². The summed E-state index contributed by atoms with van der Waals surface area (Å²) in [5.41, 5.74) is 0. The Bertz CT molecular complexity index is 277. The van der Waals surface area contributed by atoms with E-state index < -0.39 is 18.1 Å². The molecule has 0 aromatic heterocycles. The van der Waals surface area contributed by atoms with E-state index in [-0.39, 0.29) is 24.7 Å². The molecule has 0 unspecified atom stereocenters. The van der Waals surface area contributed by atoms with Crippen LogP contribution in [0.4, 0.5) is 0 Å². The third-order valence-corrected chi connectivity index (χ3v) is 2.03. The fourth-order valence-electron chi connectivity index (χ4n) is 1.21. The second-order valence-electron chi connectivity index (χ2n) is 3.22. The molecule has 0 spiro atoms. The zero-order chi connectivity index (χ0) is 10.7. The van der Waals surface area contributed by atoms with Crippen LogP contribution in [0.1, 0.15) is 19.8 Å². The van der Waals surface area contributed by atoms with Crippen molar-refractivity contribution < 1.29 is 19.5 Å². The highest BCUT2D eigenvalue weighted by Gasteiger charge is 2.30. The third kappa shape index (κ3) is 2.45. The van der Waals surface area contributed by atoms with Crippen LogP contribution < -0.4 is 10.6 Å². The van der Waals surface area contributed by atoms with Crippen LogP contribution in [0.5, 0.6) is 0 Å². The summed E-state index contributed by atoms with van der Waals surface area (Å²) in [7, 11) is 0. The second kappa shape index (κ2) is 4.08. The number of carbonyl (C=O) groups is 3. The molecule has 0 saturated carbocycles. The predicted molar refractivity (Wildman–Crippen MR) is 46.4 cm³/mol. The van der Waals surface area contributed by atoms with Gasteiger partial charge in [-0.1, -0.05) is 0 Å². The maximum Gasteiger partial charge on any atom is 0.303 e. The highest BCUT2D eigenvalue weighted by Crippen LogP contribution is 2.03. The van der Waals surface area contributed by atoms with Gasteiger partial charge in [0.15, 0.2) is 0 Å². The fraction of sp³-hybridized carbons (Fsp3) is 0.625. The van der Waals surface area contributed by atoms with Crippen molar-refractivity contribution in [3.8, 4) is 0 Å². The Hall–Kier alpha value is -1.59. The lowest BCUT2D eigenvalue weighted by molar-refractivity contribution is -0.139. The standard InChI is InChI=1S/C8H12N2O4/c1-4-7(13)10-5(8(14)9-4)2-3-6(11)12/h4-5H,2-3H2,1H3,(H,9,14)(H,10,13)(H,11,12)/t4-,5+/m1/s1. The maximum absolute atomic E-state index is 11.2. The Kier molecular flexibility index (Phi) is 3.06. The molecule has 3 N–H and O–H groups in total. The molecular formula is C8H12N2O4. The van der Waals surface area contributed by atoms with Gasteiger partial charge in [0.2, 0.25) is 11.8 Å². The molecule has 6 nitrogen and oxygen atoms in total. The van der Waals surface area contributed by atoms with Crippen molar-refractivity contribution in [3.63, 3.8) is 0 Å². The Morgan fingerprint density at radius 2 is 2.00 bits per heavy atom. The topological polar surface area (TPSA) is 95.5 Å². The van der Waals surface area contributed by atoms with E-state index in [1.54, 1.807) is 6.92 Å². The first-order valence-electron chi connectivity index (χ1n) is 4.33. The SMILES string of the molecule is C[C@H]1NC(=O)[C@H](CCC(=O)O)NC1=O. The van der Waals surface area contributed by atoms with Gasteiger partial charge in [-0.15, -0.1) is 0 Å². The summed E-state index contributed by atoms with van der Waals surface area (Å²) in [6.45, 7) is 1.57. The quantitative estimate of drug-likeness (QED) is 0.536. The molecule has 14 heavy (non-hydrogen) atoms. The van der Waals surface area contributed by atoms with E-state index >= 15 is 0 Å². The van der Waals surface area contributed by atoms with Gasteiger partial charge in [-0.05, 0) is 13.3 Å². The Labute approximate surface area is 80.7 Å². The zero-order valence-electron chi connectivity index (χ0n) is 7.74. The highest BCUT2D eigenvalue weighted by atomic mass is 16.4. The summed E-state index contributed by atoms with van der Waals surface area (Å²) in [5.74, 6) is -1.58. The molecule has 1 aliphatic heterocycles. The van der Waals surface area contributed by atoms with Crippen LogP contribution in [0, 0.1) is 0 Å². The molecule has 2 atom stereocenters. The molecular weight excluding hydrogens is 188 g/mol. The minimum atomic E-state index is -0.981. The summed E-state index contributed by atoms with van der Waals surface area (Å²) in [6, 6.07) is -1.25. The van der Waals surface area contributed by atoms with E-state index in [1.807, 2.05) is 0 Å². The second-order valence-corrected chi connectivity index (χ2v) is 3.22. The average molecular weight is 200 g/mol. The predicted octanol–water partition coefficient (Wildman–Crippen LogP) is -1.15. The van der Waals surface area contributed by atoms with E-state index in [9.17, 15) is 14.4 Å². The molecule has 78 valence electrons. The number of aliphatic carboxylic acids is 1. The molecule has 1 rings (SSSR count). The van der Waals surface area contributed by atoms with Crippen molar-refractivity contribution in [1.82, 2.24) is 10.6 Å². The van der Waals surface area contributed by atoms with Gasteiger partial charge in [-0.25, -0.2) is 0 Å². The van der Waals surface area contributed by atoms with E-state index in [1.165, 1.54) is 0 Å². The van der Waals surface area contributed by atoms with Crippen molar-refractivity contribution in [2.45, 2.75) is 31.8 Å². The fourth-order valence-corrected chi connectivity index (χ4v) is 1.21. The Balaban J connectivity index is 2.49. The number of rotatable bonds is 3. The van der Waals surface area contributed by atoms with Crippen molar-refractivity contribution in [2.75, 3.05) is 0 Å². The van der Waals surface area contributed by atoms with Crippen LogP contribution in [0.25, 0.3) is 0 Å². The molecule has 0 aromatic rings. The summed E-state index contributed by atoms with van der Waals surface area (Å²) >= 11 is 0. The van der Waals surface area contributed by atoms with E-state index in [0.717, 1.165) is 0 Å². The molecule has 0 aliphatic carbocycles. The minimum absolute atomic E-state index is 0.125. The van der Waals surface area contributed by atoms with Crippen molar-refractivity contribution in [2.24, 2.45) is 0 Å². The van der Waals surface area contributed by atoms with Crippen LogP contribution in [-0.2, 0) is 14.4 Å². The molecule has 6 heteroatoms. The van der Waals surface area contributed by atoms with Crippen LogP contribution >= 0.6 is 0 Å². The minimum Gasteiger partial charge on any atom is -0.481 e. The molecule has 0 radical (unpaired) electrons. The molecule has 0 bridgehead atoms. The molecule has 2 amide bonds. The van der Waals surface area contributed by atoms with Gasteiger partial charge < -0.3 is 15.7 Å². The number of carboxylic acid groups (broad SMARTS) is 1. The smallest absolute Gasteiger partial charge is 0.303 e. The molecule has 1 aliphatic rings. The average Bonchev–Trinajstić information content (AvgIpc) is 2.09. The number of carbonyl (C=O) groups excluding carboxylic acids is 2. The van der Waals surface area contributed by atoms with Gasteiger partial charge in [0.05, 0.1) is 0 Å². The first-order chi connectivity index (χ1) is 6.50. The van der Waals surface area contributed by atoms with E-state index in [2.05, 4.69) is 10.6 Å². The van der Waals surface area contributed by atoms with Gasteiger partial charge in [0.1, 0.15) is 12.1 Å². The lowest BCUT2D eigenvalue weighted by Crippen LogP contribution is -2.60. The van der Waals surface area contributed by atoms with Crippen LogP contribution in [0.2, 0.25) is 0 Å². The molecule has 0 aromatic carbocycles. The monoisotopic (exact) mass is 200 g/mol. The Morgan fingerprint density at radius 1 is 1.36 bits per heavy atom. The first-order valence-corrected chi connectivity index (χ1v) is 4.33. The summed E-state index contributed by atoms with van der Waals surface area (Å²) < 4.78 is 0.